The molecule has 0 N–H and O–H groups in total. The molecule has 0 radical (unpaired) electrons. The number of benzene rings is 1. The Bertz CT molecular complexity index is 665. The van der Waals surface area contributed by atoms with Crippen molar-refractivity contribution in [1.29, 1.82) is 0 Å². The molecular formula is C18H23NSi. The number of allylic oxidation sites excluding steroid dienone is 2. The number of pyridine rings is 1. The molecule has 3 rings (SSSR count). The van der Waals surface area contributed by atoms with Crippen molar-refractivity contribution >= 4 is 29.7 Å². The van der Waals surface area contributed by atoms with Crippen LogP contribution in [-0.2, 0) is 0 Å². The molecule has 0 fully saturated rings. The van der Waals surface area contributed by atoms with Gasteiger partial charge in [0.15, 0.2) is 0 Å². The van der Waals surface area contributed by atoms with Crippen molar-refractivity contribution in [2.75, 3.05) is 0 Å². The molecule has 1 aromatic heterocycles. The Kier molecular flexibility index (Phi) is 3.51. The summed E-state index contributed by atoms with van der Waals surface area (Å²) >= 11 is 0. The summed E-state index contributed by atoms with van der Waals surface area (Å²) < 4.78 is 0. The van der Waals surface area contributed by atoms with Crippen molar-refractivity contribution in [3.05, 3.63) is 42.1 Å². The maximum absolute atomic E-state index is 5.03. The van der Waals surface area contributed by atoms with E-state index in [1.807, 2.05) is 0 Å². The van der Waals surface area contributed by atoms with Crippen LogP contribution in [-0.4, -0.2) is 13.1 Å². The monoisotopic (exact) mass is 281 g/mol. The van der Waals surface area contributed by atoms with Gasteiger partial charge in [0, 0.05) is 5.39 Å². The van der Waals surface area contributed by atoms with Gasteiger partial charge in [-0.25, -0.2) is 4.98 Å². The fraction of sp³-hybridized carbons (Fsp3) is 0.389. The molecule has 0 atom stereocenters. The number of hydrogen-bond acceptors (Lipinski definition) is 1. The lowest BCUT2D eigenvalue weighted by Crippen LogP contribution is -2.40. The van der Waals surface area contributed by atoms with Gasteiger partial charge in [-0.2, -0.15) is 0 Å². The molecule has 0 amide bonds. The topological polar surface area (TPSA) is 12.9 Å². The van der Waals surface area contributed by atoms with Gasteiger partial charge in [-0.1, -0.05) is 50.0 Å². The van der Waals surface area contributed by atoms with Gasteiger partial charge < -0.3 is 0 Å². The van der Waals surface area contributed by atoms with Gasteiger partial charge in [0.25, 0.3) is 0 Å². The highest BCUT2D eigenvalue weighted by molar-refractivity contribution is 6.89. The minimum absolute atomic E-state index is 1.14. The van der Waals surface area contributed by atoms with E-state index in [-0.39, 0.29) is 0 Å². The second kappa shape index (κ2) is 5.17. The fourth-order valence-electron chi connectivity index (χ4n) is 2.99. The van der Waals surface area contributed by atoms with E-state index in [1.54, 1.807) is 0 Å². The molecule has 2 heteroatoms. The molecule has 0 unspecified atom stereocenters. The number of hydrogen-bond donors (Lipinski definition) is 0. The molecule has 0 bridgehead atoms. The Morgan fingerprint density at radius 2 is 1.85 bits per heavy atom. The summed E-state index contributed by atoms with van der Waals surface area (Å²) in [5, 5.41) is 2.80. The Hall–Kier alpha value is -1.41. The highest BCUT2D eigenvalue weighted by atomic mass is 28.3. The molecule has 104 valence electrons. The first-order valence-corrected chi connectivity index (χ1v) is 11.2. The van der Waals surface area contributed by atoms with E-state index in [1.165, 1.54) is 47.5 Å². The van der Waals surface area contributed by atoms with E-state index in [4.69, 9.17) is 4.98 Å². The quantitative estimate of drug-likeness (QED) is 0.725. The molecule has 1 aliphatic carbocycles. The third kappa shape index (κ3) is 2.57. The molecule has 1 aliphatic rings. The van der Waals surface area contributed by atoms with Crippen LogP contribution < -0.4 is 5.19 Å². The molecule has 0 spiro atoms. The highest BCUT2D eigenvalue weighted by Crippen LogP contribution is 2.27. The largest absolute Gasteiger partial charge is 0.248 e. The van der Waals surface area contributed by atoms with Crippen LogP contribution in [0.3, 0.4) is 0 Å². The zero-order valence-corrected chi connectivity index (χ0v) is 13.7. The number of nitrogens with zero attached hydrogens (tertiary/aromatic N) is 1. The van der Waals surface area contributed by atoms with Crippen LogP contribution >= 0.6 is 0 Å². The van der Waals surface area contributed by atoms with Gasteiger partial charge in [0.1, 0.15) is 0 Å². The zero-order chi connectivity index (χ0) is 14.2. The van der Waals surface area contributed by atoms with E-state index >= 15 is 0 Å². The number of fused-ring (bicyclic) bond motifs is 1. The van der Waals surface area contributed by atoms with Gasteiger partial charge in [0.2, 0.25) is 0 Å². The Labute approximate surface area is 122 Å². The van der Waals surface area contributed by atoms with E-state index in [0.29, 0.717) is 0 Å². The van der Waals surface area contributed by atoms with Crippen LogP contribution in [0.25, 0.3) is 16.5 Å². The molecule has 0 saturated heterocycles. The van der Waals surface area contributed by atoms with E-state index < -0.39 is 8.07 Å². The van der Waals surface area contributed by atoms with Gasteiger partial charge in [-0.3, -0.25) is 0 Å². The first kappa shape index (κ1) is 13.6. The van der Waals surface area contributed by atoms with Crippen molar-refractivity contribution < 1.29 is 0 Å². The Morgan fingerprint density at radius 1 is 1.05 bits per heavy atom. The van der Waals surface area contributed by atoms with Gasteiger partial charge in [-0.15, -0.1) is 0 Å². The van der Waals surface area contributed by atoms with Crippen molar-refractivity contribution in [1.82, 2.24) is 4.98 Å². The highest BCUT2D eigenvalue weighted by Gasteiger charge is 2.24. The Morgan fingerprint density at radius 3 is 2.55 bits per heavy atom. The van der Waals surface area contributed by atoms with Gasteiger partial charge in [0.05, 0.1) is 19.3 Å². The van der Waals surface area contributed by atoms with Crippen LogP contribution in [0.4, 0.5) is 0 Å². The molecule has 0 saturated carbocycles. The van der Waals surface area contributed by atoms with Crippen LogP contribution in [0.5, 0.6) is 0 Å². The summed E-state index contributed by atoms with van der Waals surface area (Å²) in [5.74, 6) is 0. The van der Waals surface area contributed by atoms with Crippen LogP contribution in [0.15, 0.2) is 36.4 Å². The first-order valence-electron chi connectivity index (χ1n) is 7.65. The van der Waals surface area contributed by atoms with Gasteiger partial charge in [-0.05, 0) is 42.5 Å². The molecule has 1 heterocycles. The molecule has 20 heavy (non-hydrogen) atoms. The third-order valence-electron chi connectivity index (χ3n) is 4.13. The molecule has 1 nitrogen and oxygen atoms in total. The maximum atomic E-state index is 5.03. The summed E-state index contributed by atoms with van der Waals surface area (Å²) in [6.45, 7) is 7.27. The van der Waals surface area contributed by atoms with E-state index in [9.17, 15) is 0 Å². The summed E-state index contributed by atoms with van der Waals surface area (Å²) in [6.07, 6.45) is 7.48. The average molecular weight is 281 g/mol. The lowest BCUT2D eigenvalue weighted by molar-refractivity contribution is 0.740. The molecule has 1 aromatic carbocycles. The van der Waals surface area contributed by atoms with Crippen LogP contribution in [0.2, 0.25) is 19.6 Å². The van der Waals surface area contributed by atoms with Crippen LogP contribution in [0.1, 0.15) is 31.4 Å². The average Bonchev–Trinajstić information content (AvgIpc) is 2.46. The van der Waals surface area contributed by atoms with E-state index in [0.717, 1.165) is 5.52 Å². The smallest absolute Gasteiger partial charge is 0.0804 e. The SMILES string of the molecule is C[Si](C)(C)c1cc2ccccc2nc1C1=CCCCC1. The number of aromatic nitrogens is 1. The second-order valence-electron chi connectivity index (χ2n) is 6.80. The van der Waals surface area contributed by atoms with Crippen molar-refractivity contribution in [2.45, 2.75) is 45.3 Å². The standard InChI is InChI=1S/C18H23NSi/c1-20(2,3)17-13-15-11-7-8-12-16(15)19-18(17)14-9-5-4-6-10-14/h7-9,11-13H,4-6,10H2,1-3H3. The second-order valence-corrected chi connectivity index (χ2v) is 11.8. The predicted molar refractivity (Wildman–Crippen MR) is 91.2 cm³/mol. The van der Waals surface area contributed by atoms with Crippen molar-refractivity contribution in [3.63, 3.8) is 0 Å². The lowest BCUT2D eigenvalue weighted by Gasteiger charge is -2.24. The zero-order valence-electron chi connectivity index (χ0n) is 12.7. The van der Waals surface area contributed by atoms with E-state index in [2.05, 4.69) is 56.0 Å². The fourth-order valence-corrected chi connectivity index (χ4v) is 4.50. The van der Waals surface area contributed by atoms with Crippen LogP contribution in [0, 0.1) is 0 Å². The minimum atomic E-state index is -1.38. The number of rotatable bonds is 2. The molecule has 0 aliphatic heterocycles. The summed E-state index contributed by atoms with van der Waals surface area (Å²) in [7, 11) is -1.38. The molecule has 2 aromatic rings. The summed E-state index contributed by atoms with van der Waals surface area (Å²) in [4.78, 5) is 5.03. The lowest BCUT2D eigenvalue weighted by atomic mass is 9.96. The van der Waals surface area contributed by atoms with Crippen molar-refractivity contribution in [2.24, 2.45) is 0 Å². The van der Waals surface area contributed by atoms with Gasteiger partial charge >= 0.3 is 0 Å². The Balaban J connectivity index is 2.24. The molecular weight excluding hydrogens is 258 g/mol. The minimum Gasteiger partial charge on any atom is -0.248 e. The predicted octanol–water partition coefficient (Wildman–Crippen LogP) is 4.74. The number of para-hydroxylation sites is 1. The maximum Gasteiger partial charge on any atom is 0.0804 e. The van der Waals surface area contributed by atoms with Crippen molar-refractivity contribution in [3.8, 4) is 0 Å². The normalized spacial score (nSPS) is 16.2. The summed E-state index contributed by atoms with van der Waals surface area (Å²) in [6, 6.07) is 10.9. The summed E-state index contributed by atoms with van der Waals surface area (Å²) in [5.41, 5.74) is 3.91. The first-order chi connectivity index (χ1) is 9.55. The third-order valence-corrected chi connectivity index (χ3v) is 6.12.